The first kappa shape index (κ1) is 20.1. The topological polar surface area (TPSA) is 81.9 Å². The van der Waals surface area contributed by atoms with Gasteiger partial charge in [0, 0.05) is 12.7 Å². The lowest BCUT2D eigenvalue weighted by atomic mass is 10.2. The van der Waals surface area contributed by atoms with Gasteiger partial charge in [-0.2, -0.15) is 0 Å². The second kappa shape index (κ2) is 9.05. The molecule has 0 unspecified atom stereocenters. The summed E-state index contributed by atoms with van der Waals surface area (Å²) in [6.07, 6.45) is 0. The highest BCUT2D eigenvalue weighted by molar-refractivity contribution is 5.96. The van der Waals surface area contributed by atoms with Crippen molar-refractivity contribution >= 4 is 17.6 Å². The maximum absolute atomic E-state index is 12.3. The van der Waals surface area contributed by atoms with Gasteiger partial charge >= 0.3 is 5.97 Å². The lowest BCUT2D eigenvalue weighted by molar-refractivity contribution is -0.121. The number of likely N-dealkylation sites (N-methyl/N-ethyl adjacent to an activating group) is 1. The molecule has 0 aliphatic carbocycles. The predicted molar refractivity (Wildman–Crippen MR) is 107 cm³/mol. The Hall–Kier alpha value is -3.61. The first-order valence-corrected chi connectivity index (χ1v) is 9.09. The SMILES string of the molecule is Cc1noc(C)c1COc1cccc(C(=O)OCC(=O)N(C)c2ccccc2)c1. The summed E-state index contributed by atoms with van der Waals surface area (Å²) in [6, 6.07) is 15.8. The third-order valence-electron chi connectivity index (χ3n) is 4.48. The van der Waals surface area contributed by atoms with Crippen LogP contribution in [0.15, 0.2) is 59.1 Å². The minimum Gasteiger partial charge on any atom is -0.489 e. The number of rotatable bonds is 7. The van der Waals surface area contributed by atoms with Crippen LogP contribution in [-0.4, -0.2) is 30.7 Å². The molecule has 0 bridgehead atoms. The third kappa shape index (κ3) is 5.01. The molecule has 0 spiro atoms. The lowest BCUT2D eigenvalue weighted by Gasteiger charge is -2.17. The van der Waals surface area contributed by atoms with Gasteiger partial charge in [0.2, 0.25) is 0 Å². The van der Waals surface area contributed by atoms with Crippen LogP contribution in [0.25, 0.3) is 0 Å². The first-order valence-electron chi connectivity index (χ1n) is 9.09. The van der Waals surface area contributed by atoms with Crippen molar-refractivity contribution in [2.75, 3.05) is 18.6 Å². The maximum Gasteiger partial charge on any atom is 0.338 e. The number of hydrogen-bond donors (Lipinski definition) is 0. The summed E-state index contributed by atoms with van der Waals surface area (Å²) in [5, 5.41) is 3.89. The van der Waals surface area contributed by atoms with Crippen molar-refractivity contribution in [3.8, 4) is 5.75 Å². The monoisotopic (exact) mass is 394 g/mol. The van der Waals surface area contributed by atoms with Gasteiger partial charge in [-0.1, -0.05) is 29.4 Å². The molecule has 150 valence electrons. The summed E-state index contributed by atoms with van der Waals surface area (Å²) >= 11 is 0. The molecular formula is C22H22N2O5. The van der Waals surface area contributed by atoms with Gasteiger partial charge in [-0.15, -0.1) is 0 Å². The lowest BCUT2D eigenvalue weighted by Crippen LogP contribution is -2.31. The smallest absolute Gasteiger partial charge is 0.338 e. The first-order chi connectivity index (χ1) is 14.0. The van der Waals surface area contributed by atoms with E-state index in [0.29, 0.717) is 17.1 Å². The number of esters is 1. The van der Waals surface area contributed by atoms with Gasteiger partial charge in [-0.05, 0) is 44.2 Å². The number of anilines is 1. The number of carbonyl (C=O) groups is 2. The Morgan fingerprint density at radius 3 is 2.52 bits per heavy atom. The molecule has 7 nitrogen and oxygen atoms in total. The molecule has 29 heavy (non-hydrogen) atoms. The van der Waals surface area contributed by atoms with Crippen molar-refractivity contribution in [3.05, 3.63) is 77.2 Å². The Morgan fingerprint density at radius 2 is 1.83 bits per heavy atom. The fourth-order valence-electron chi connectivity index (χ4n) is 2.68. The molecule has 0 fully saturated rings. The molecule has 0 atom stereocenters. The van der Waals surface area contributed by atoms with Crippen molar-refractivity contribution in [1.82, 2.24) is 5.16 Å². The van der Waals surface area contributed by atoms with Crippen LogP contribution in [0, 0.1) is 13.8 Å². The number of carbonyl (C=O) groups excluding carboxylic acids is 2. The molecule has 0 N–H and O–H groups in total. The van der Waals surface area contributed by atoms with E-state index in [1.807, 2.05) is 32.0 Å². The number of aromatic nitrogens is 1. The number of nitrogens with zero attached hydrogens (tertiary/aromatic N) is 2. The largest absolute Gasteiger partial charge is 0.489 e. The Morgan fingerprint density at radius 1 is 1.07 bits per heavy atom. The minimum atomic E-state index is -0.595. The van der Waals surface area contributed by atoms with Crippen LogP contribution in [-0.2, 0) is 16.1 Å². The second-order valence-corrected chi connectivity index (χ2v) is 6.48. The number of aryl methyl sites for hydroxylation is 2. The second-order valence-electron chi connectivity index (χ2n) is 6.48. The highest BCUT2D eigenvalue weighted by atomic mass is 16.5. The minimum absolute atomic E-state index is 0.278. The van der Waals surface area contributed by atoms with Crippen molar-refractivity contribution in [1.29, 1.82) is 0 Å². The predicted octanol–water partition coefficient (Wildman–Crippen LogP) is 3.69. The van der Waals surface area contributed by atoms with Crippen molar-refractivity contribution in [2.24, 2.45) is 0 Å². The van der Waals surface area contributed by atoms with Gasteiger partial charge < -0.3 is 18.9 Å². The number of amides is 1. The zero-order valence-corrected chi connectivity index (χ0v) is 16.5. The van der Waals surface area contributed by atoms with Crippen molar-refractivity contribution in [3.63, 3.8) is 0 Å². The van der Waals surface area contributed by atoms with Crippen LogP contribution in [0.3, 0.4) is 0 Å². The molecule has 7 heteroatoms. The summed E-state index contributed by atoms with van der Waals surface area (Å²) in [5.41, 5.74) is 2.66. The van der Waals surface area contributed by atoms with E-state index in [1.54, 1.807) is 43.4 Å². The molecule has 3 rings (SSSR count). The summed E-state index contributed by atoms with van der Waals surface area (Å²) in [5.74, 6) is 0.282. The number of ether oxygens (including phenoxy) is 2. The van der Waals surface area contributed by atoms with E-state index >= 15 is 0 Å². The molecule has 0 saturated heterocycles. The fraction of sp³-hybridized carbons (Fsp3) is 0.227. The van der Waals surface area contributed by atoms with Gasteiger partial charge in [0.15, 0.2) is 6.61 Å². The zero-order chi connectivity index (χ0) is 20.8. The van der Waals surface area contributed by atoms with E-state index in [-0.39, 0.29) is 19.1 Å². The van der Waals surface area contributed by atoms with Crippen LogP contribution in [0.5, 0.6) is 5.75 Å². The zero-order valence-electron chi connectivity index (χ0n) is 16.5. The van der Waals surface area contributed by atoms with Gasteiger partial charge in [0.25, 0.3) is 5.91 Å². The normalized spacial score (nSPS) is 10.4. The average molecular weight is 394 g/mol. The Bertz CT molecular complexity index is 978. The van der Waals surface area contributed by atoms with E-state index in [9.17, 15) is 9.59 Å². The molecule has 2 aromatic carbocycles. The highest BCUT2D eigenvalue weighted by Crippen LogP contribution is 2.19. The Kier molecular flexibility index (Phi) is 6.29. The van der Waals surface area contributed by atoms with Crippen LogP contribution in [0.1, 0.15) is 27.4 Å². The Balaban J connectivity index is 1.57. The number of hydrogen-bond acceptors (Lipinski definition) is 6. The molecule has 3 aromatic rings. The summed E-state index contributed by atoms with van der Waals surface area (Å²) in [6.45, 7) is 3.58. The summed E-state index contributed by atoms with van der Waals surface area (Å²) < 4.78 is 16.0. The fourth-order valence-corrected chi connectivity index (χ4v) is 2.68. The average Bonchev–Trinajstić information content (AvgIpc) is 3.07. The highest BCUT2D eigenvalue weighted by Gasteiger charge is 2.15. The quantitative estimate of drug-likeness (QED) is 0.569. The number of para-hydroxylation sites is 1. The van der Waals surface area contributed by atoms with E-state index < -0.39 is 5.97 Å². The van der Waals surface area contributed by atoms with Gasteiger partial charge in [-0.3, -0.25) is 4.79 Å². The number of benzene rings is 2. The molecular weight excluding hydrogens is 372 g/mol. The molecule has 1 aromatic heterocycles. The maximum atomic E-state index is 12.3. The van der Waals surface area contributed by atoms with Crippen LogP contribution >= 0.6 is 0 Å². The molecule has 0 aliphatic heterocycles. The van der Waals surface area contributed by atoms with Crippen LogP contribution in [0.2, 0.25) is 0 Å². The molecule has 0 radical (unpaired) electrons. The van der Waals surface area contributed by atoms with E-state index in [2.05, 4.69) is 5.16 Å². The van der Waals surface area contributed by atoms with Gasteiger partial charge in [-0.25, -0.2) is 4.79 Å². The van der Waals surface area contributed by atoms with Crippen molar-refractivity contribution < 1.29 is 23.6 Å². The van der Waals surface area contributed by atoms with Crippen molar-refractivity contribution in [2.45, 2.75) is 20.5 Å². The summed E-state index contributed by atoms with van der Waals surface area (Å²) in [7, 11) is 1.63. The van der Waals surface area contributed by atoms with E-state index in [0.717, 1.165) is 16.9 Å². The third-order valence-corrected chi connectivity index (χ3v) is 4.48. The molecule has 0 saturated carbocycles. The molecule has 1 heterocycles. The van der Waals surface area contributed by atoms with Crippen LogP contribution < -0.4 is 9.64 Å². The van der Waals surface area contributed by atoms with Crippen LogP contribution in [0.4, 0.5) is 5.69 Å². The molecule has 1 amide bonds. The van der Waals surface area contributed by atoms with E-state index in [1.165, 1.54) is 4.90 Å². The molecule has 0 aliphatic rings. The summed E-state index contributed by atoms with van der Waals surface area (Å²) in [4.78, 5) is 26.0. The van der Waals surface area contributed by atoms with Gasteiger partial charge in [0.1, 0.15) is 18.1 Å². The standard InChI is InChI=1S/C22H22N2O5/c1-15-20(16(2)29-23-15)13-27-19-11-7-8-17(12-19)22(26)28-14-21(25)24(3)18-9-5-4-6-10-18/h4-12H,13-14H2,1-3H3. The van der Waals surface area contributed by atoms with E-state index in [4.69, 9.17) is 14.0 Å². The van der Waals surface area contributed by atoms with Gasteiger partial charge in [0.05, 0.1) is 16.8 Å². The Labute approximate surface area is 168 Å².